The molecule has 0 aromatic carbocycles. The number of carbonyl (C=O) groups is 6. The van der Waals surface area contributed by atoms with Gasteiger partial charge in [0.05, 0.1) is 64.9 Å². The normalized spacial score (nSPS) is 32.7. The minimum atomic E-state index is -1.83. The van der Waals surface area contributed by atoms with Crippen molar-refractivity contribution in [3.05, 3.63) is 0 Å². The number of amides is 5. The minimum absolute atomic E-state index is 0.00452. The van der Waals surface area contributed by atoms with Gasteiger partial charge in [0.25, 0.3) is 0 Å². The zero-order valence-corrected chi connectivity index (χ0v) is 50.0. The van der Waals surface area contributed by atoms with Gasteiger partial charge >= 0.3 is 0 Å². The zero-order chi connectivity index (χ0) is 64.2. The lowest BCUT2D eigenvalue weighted by Gasteiger charge is -2.47. The van der Waals surface area contributed by atoms with Gasteiger partial charge in [0, 0.05) is 57.9 Å². The highest BCUT2D eigenvalue weighted by Crippen LogP contribution is 2.34. The molecule has 0 aromatic rings. The number of ketones is 1. The fourth-order valence-corrected chi connectivity index (χ4v) is 10.0. The lowest BCUT2D eigenvalue weighted by Crippen LogP contribution is -2.63. The average molecular weight is 1260 g/mol. The largest absolute Gasteiger partial charge is 0.394 e. The van der Waals surface area contributed by atoms with Crippen molar-refractivity contribution in [2.75, 3.05) is 85.4 Å². The first-order valence-electron chi connectivity index (χ1n) is 30.2. The van der Waals surface area contributed by atoms with Crippen LogP contribution in [-0.4, -0.2) is 304 Å². The van der Waals surface area contributed by atoms with Crippen molar-refractivity contribution in [1.82, 2.24) is 31.5 Å². The molecule has 20 atom stereocenters. The molecule has 4 rings (SSSR count). The van der Waals surface area contributed by atoms with Gasteiger partial charge in [0.1, 0.15) is 85.1 Å². The molecule has 0 aliphatic carbocycles. The number of nitrogens with one attached hydrogen (secondary N) is 5. The molecular weight excluding hydrogens is 1160 g/mol. The first kappa shape index (κ1) is 75.6. The molecule has 0 bridgehead atoms. The molecule has 5 amide bonds. The number of ether oxygens (including phenoxy) is 8. The van der Waals surface area contributed by atoms with Crippen LogP contribution in [0.5, 0.6) is 0 Å². The van der Waals surface area contributed by atoms with Gasteiger partial charge in [-0.15, -0.1) is 0 Å². The van der Waals surface area contributed by atoms with Gasteiger partial charge in [-0.05, 0) is 52.4 Å². The van der Waals surface area contributed by atoms with Gasteiger partial charge in [0.2, 0.25) is 29.5 Å². The van der Waals surface area contributed by atoms with E-state index in [4.69, 9.17) is 37.9 Å². The molecule has 504 valence electrons. The molecule has 0 unspecified atom stereocenters. The van der Waals surface area contributed by atoms with E-state index in [1.165, 1.54) is 18.7 Å². The van der Waals surface area contributed by atoms with Gasteiger partial charge in [0.15, 0.2) is 25.2 Å². The molecule has 17 N–H and O–H groups in total. The van der Waals surface area contributed by atoms with E-state index >= 15 is 0 Å². The second-order valence-electron chi connectivity index (χ2n) is 22.5. The molecule has 4 fully saturated rings. The maximum Gasteiger partial charge on any atom is 0.234 e. The summed E-state index contributed by atoms with van der Waals surface area (Å²) < 4.78 is 45.3. The Kier molecular flexibility index (Phi) is 34.9. The minimum Gasteiger partial charge on any atom is -0.394 e. The van der Waals surface area contributed by atoms with E-state index in [0.29, 0.717) is 57.9 Å². The summed E-state index contributed by atoms with van der Waals surface area (Å²) in [5, 5.41) is 137. The maximum absolute atomic E-state index is 13.1. The van der Waals surface area contributed by atoms with Crippen LogP contribution in [0.15, 0.2) is 0 Å². The molecular formula is C55H98N6O26. The van der Waals surface area contributed by atoms with Crippen molar-refractivity contribution in [2.45, 2.75) is 221 Å². The number of aliphatic hydroxyl groups excluding tert-OH is 12. The van der Waals surface area contributed by atoms with Crippen molar-refractivity contribution in [3.8, 4) is 0 Å². The van der Waals surface area contributed by atoms with Crippen LogP contribution in [0.3, 0.4) is 0 Å². The van der Waals surface area contributed by atoms with Gasteiger partial charge in [-0.1, -0.05) is 32.6 Å². The molecule has 4 saturated heterocycles. The predicted octanol–water partition coefficient (Wildman–Crippen LogP) is -6.89. The van der Waals surface area contributed by atoms with E-state index in [1.807, 2.05) is 0 Å². The van der Waals surface area contributed by atoms with Crippen molar-refractivity contribution >= 4 is 35.3 Å². The number of rotatable bonds is 40. The van der Waals surface area contributed by atoms with Crippen LogP contribution in [0.1, 0.15) is 104 Å². The second kappa shape index (κ2) is 40.1. The molecule has 0 saturated carbocycles. The molecule has 0 spiro atoms. The van der Waals surface area contributed by atoms with Gasteiger partial charge in [-0.3, -0.25) is 28.9 Å². The predicted molar refractivity (Wildman–Crippen MR) is 299 cm³/mol. The van der Waals surface area contributed by atoms with E-state index in [1.54, 1.807) is 6.92 Å². The Labute approximate surface area is 505 Å². The van der Waals surface area contributed by atoms with Gasteiger partial charge in [-0.2, -0.15) is 0 Å². The molecule has 0 aromatic heterocycles. The smallest absolute Gasteiger partial charge is 0.234 e. The van der Waals surface area contributed by atoms with Crippen LogP contribution in [0, 0.1) is 5.92 Å². The molecule has 32 heteroatoms. The summed E-state index contributed by atoms with van der Waals surface area (Å²) in [5.74, 6) is -2.52. The van der Waals surface area contributed by atoms with Crippen LogP contribution in [0.25, 0.3) is 0 Å². The number of carbonyl (C=O) groups excluding carboxylic acids is 6. The number of unbranched alkanes of at least 4 members (excludes halogenated alkanes) is 7. The number of nitrogens with zero attached hydrogens (tertiary/aromatic N) is 1. The van der Waals surface area contributed by atoms with Crippen molar-refractivity contribution in [1.29, 1.82) is 0 Å². The number of Topliss-reactive ketones (excluding diaryl/α,β-unsaturated/α-hetero) is 1. The fourth-order valence-electron chi connectivity index (χ4n) is 10.0. The van der Waals surface area contributed by atoms with Crippen molar-refractivity contribution < 1.29 is 128 Å². The lowest BCUT2D eigenvalue weighted by atomic mass is 9.91. The van der Waals surface area contributed by atoms with Crippen LogP contribution < -0.4 is 26.6 Å². The van der Waals surface area contributed by atoms with Gasteiger partial charge in [-0.25, -0.2) is 0 Å². The third-order valence-corrected chi connectivity index (χ3v) is 15.3. The van der Waals surface area contributed by atoms with Crippen LogP contribution in [-0.2, 0) is 66.7 Å². The third-order valence-electron chi connectivity index (χ3n) is 15.3. The first-order valence-corrected chi connectivity index (χ1v) is 30.2. The summed E-state index contributed by atoms with van der Waals surface area (Å²) in [4.78, 5) is 76.8. The maximum atomic E-state index is 13.1. The second-order valence-corrected chi connectivity index (χ2v) is 22.5. The summed E-state index contributed by atoms with van der Waals surface area (Å²) in [6.45, 7) is 2.74. The monoisotopic (exact) mass is 1260 g/mol. The standard InChI is InChI=1S/C55H98N6O26/c1-30(64)14-8-4-5-11-17-56-38(67)24-61(26-40(69)58-19-13-7-10-16-37(66)60-21-23-81-53-48(77)45(74)41(70)32(3)83-53)25-39(68)57-18-12-6-9-15-36(65)59-20-22-80-52-31(2)51(87-55-50(79)47(76)43(72)34(28-63)85-55)44(73)35(86-52)29-82-54-49(78)46(75)42(71)33(27-62)84-54/h31-35,41-55,62-63,70-79H,4-29H2,1-3H3,(H,56,67)(H,57,68)(H,58,69)(H,59,65)(H,60,66)/t31-,32-,33+,34+,35+,41+,42+,43+,44+,45+,46-,47-,48-,49-,50-,51+,52-,53+,54-,55+/m0/s1. The van der Waals surface area contributed by atoms with Gasteiger partial charge < -0.3 is 131 Å². The summed E-state index contributed by atoms with van der Waals surface area (Å²) in [7, 11) is 0. The molecule has 0 radical (unpaired) electrons. The highest BCUT2D eigenvalue weighted by molar-refractivity contribution is 5.84. The Morgan fingerprint density at radius 1 is 0.402 bits per heavy atom. The van der Waals surface area contributed by atoms with Crippen molar-refractivity contribution in [3.63, 3.8) is 0 Å². The van der Waals surface area contributed by atoms with E-state index in [0.717, 1.165) is 19.3 Å². The van der Waals surface area contributed by atoms with Crippen LogP contribution in [0.4, 0.5) is 0 Å². The fraction of sp³-hybridized carbons (Fsp3) is 0.891. The van der Waals surface area contributed by atoms with E-state index in [-0.39, 0.29) is 95.4 Å². The topological polar surface area (TPSA) is 482 Å². The third kappa shape index (κ3) is 25.8. The Hall–Kier alpha value is -3.82. The average Bonchev–Trinajstić information content (AvgIpc) is 1.07. The quantitative estimate of drug-likeness (QED) is 0.0254. The molecule has 32 nitrogen and oxygen atoms in total. The summed E-state index contributed by atoms with van der Waals surface area (Å²) in [5.41, 5.74) is 0. The van der Waals surface area contributed by atoms with E-state index < -0.39 is 154 Å². The molecule has 4 aliphatic heterocycles. The zero-order valence-electron chi connectivity index (χ0n) is 50.0. The first-order chi connectivity index (χ1) is 41.5. The Balaban J connectivity index is 1.17. The van der Waals surface area contributed by atoms with E-state index in [2.05, 4.69) is 26.6 Å². The SMILES string of the molecule is CC(=O)CCCCCCNC(=O)CN(CC(=O)NCCCCCC(=O)NCCO[C@H]1O[C@H](CO[C@H]2O[C@H](CO)[C@@H](O)[C@H](O)[C@@H]2O)[C@@H](O)[C@H](O[C@H]2O[C@H](CO)[C@@H](O)[C@H](O)[C@@H]2O)[C@@H]1C)CC(=O)NCCCCCC(=O)NCCO[C@@H]1O[C@@H](C)[C@@H](O)[C@@H](O)[C@@H]1O. The number of hydrogen-bond donors (Lipinski definition) is 17. The Morgan fingerprint density at radius 2 is 0.793 bits per heavy atom. The molecule has 87 heavy (non-hydrogen) atoms. The Bertz CT molecular complexity index is 2040. The van der Waals surface area contributed by atoms with Crippen LogP contribution in [0.2, 0.25) is 0 Å². The molecule has 4 heterocycles. The summed E-state index contributed by atoms with van der Waals surface area (Å²) in [6.07, 6.45) is -20.8. The summed E-state index contributed by atoms with van der Waals surface area (Å²) >= 11 is 0. The number of aliphatic hydroxyl groups is 12. The van der Waals surface area contributed by atoms with Crippen LogP contribution >= 0.6 is 0 Å². The highest BCUT2D eigenvalue weighted by Gasteiger charge is 2.51. The molecule has 4 aliphatic rings. The number of hydrogen-bond acceptors (Lipinski definition) is 27. The highest BCUT2D eigenvalue weighted by atomic mass is 16.7. The Morgan fingerprint density at radius 3 is 1.28 bits per heavy atom. The van der Waals surface area contributed by atoms with Crippen molar-refractivity contribution in [2.24, 2.45) is 5.92 Å². The lowest BCUT2D eigenvalue weighted by molar-refractivity contribution is -0.358. The summed E-state index contributed by atoms with van der Waals surface area (Å²) in [6, 6.07) is 0. The van der Waals surface area contributed by atoms with E-state index in [9.17, 15) is 90.0 Å².